The fraction of sp³-hybridized carbons (Fsp3) is 0.500. The summed E-state index contributed by atoms with van der Waals surface area (Å²) in [6, 6.07) is 5.77. The average Bonchev–Trinajstić information content (AvgIpc) is 2.78. The van der Waals surface area contributed by atoms with Crippen molar-refractivity contribution >= 4 is 34.2 Å². The highest BCUT2D eigenvalue weighted by molar-refractivity contribution is 6.34. The number of benzene rings is 1. The van der Waals surface area contributed by atoms with Gasteiger partial charge in [-0.05, 0) is 12.1 Å². The van der Waals surface area contributed by atoms with Crippen LogP contribution in [0.5, 0.6) is 0 Å². The van der Waals surface area contributed by atoms with E-state index < -0.39 is 0 Å². The summed E-state index contributed by atoms with van der Waals surface area (Å²) in [6.07, 6.45) is 0.654. The zero-order valence-corrected chi connectivity index (χ0v) is 13.1. The van der Waals surface area contributed by atoms with Crippen LogP contribution in [0.15, 0.2) is 18.2 Å². The normalized spacial score (nSPS) is 13.0. The molecular weight excluding hydrogens is 299 g/mol. The molecule has 0 amide bonds. The van der Waals surface area contributed by atoms with Crippen molar-refractivity contribution in [3.8, 4) is 0 Å². The molecule has 0 aliphatic rings. The average molecular weight is 317 g/mol. The minimum absolute atomic E-state index is 0.0366. The Morgan fingerprint density at radius 1 is 1.35 bits per heavy atom. The van der Waals surface area contributed by atoms with Gasteiger partial charge in [0.1, 0.15) is 11.3 Å². The van der Waals surface area contributed by atoms with Crippen molar-refractivity contribution in [1.29, 1.82) is 0 Å². The van der Waals surface area contributed by atoms with Crippen LogP contribution in [0.3, 0.4) is 0 Å². The molecule has 1 aromatic heterocycles. The van der Waals surface area contributed by atoms with Gasteiger partial charge in [-0.25, -0.2) is 4.98 Å². The first-order valence-electron chi connectivity index (χ1n) is 6.42. The van der Waals surface area contributed by atoms with Crippen LogP contribution in [-0.4, -0.2) is 42.4 Å². The molecule has 1 unspecified atom stereocenters. The van der Waals surface area contributed by atoms with E-state index in [0.29, 0.717) is 30.5 Å². The first kappa shape index (κ1) is 15.6. The van der Waals surface area contributed by atoms with Crippen LogP contribution in [0.4, 0.5) is 0 Å². The smallest absolute Gasteiger partial charge is 0.111 e. The quantitative estimate of drug-likeness (QED) is 0.736. The Morgan fingerprint density at radius 3 is 2.80 bits per heavy atom. The Labute approximate surface area is 128 Å². The van der Waals surface area contributed by atoms with Gasteiger partial charge in [0.15, 0.2) is 0 Å². The lowest BCUT2D eigenvalue weighted by atomic mass is 10.3. The number of rotatable bonds is 7. The maximum absolute atomic E-state index is 6.21. The molecule has 110 valence electrons. The van der Waals surface area contributed by atoms with Gasteiger partial charge in [-0.2, -0.15) is 0 Å². The lowest BCUT2D eigenvalue weighted by Crippen LogP contribution is -2.24. The van der Waals surface area contributed by atoms with E-state index >= 15 is 0 Å². The van der Waals surface area contributed by atoms with Gasteiger partial charge in [-0.1, -0.05) is 17.7 Å². The number of imidazole rings is 1. The molecule has 0 saturated heterocycles. The standard InChI is InChI=1S/C14H18Cl2N2O2/c1-19-9-10(20-2)8-18-12-5-3-4-11(16)14(12)17-13(18)6-7-15/h3-5,10H,6-9H2,1-2H3. The molecule has 6 heteroatoms. The van der Waals surface area contributed by atoms with Crippen molar-refractivity contribution in [2.24, 2.45) is 0 Å². The molecular formula is C14H18Cl2N2O2. The number of para-hydroxylation sites is 1. The Kier molecular flexibility index (Phi) is 5.66. The number of alkyl halides is 1. The van der Waals surface area contributed by atoms with Crippen LogP contribution in [0.1, 0.15) is 5.82 Å². The van der Waals surface area contributed by atoms with Gasteiger partial charge in [-0.15, -0.1) is 11.6 Å². The maximum atomic E-state index is 6.21. The number of hydrogen-bond donors (Lipinski definition) is 0. The van der Waals surface area contributed by atoms with Gasteiger partial charge >= 0.3 is 0 Å². The Morgan fingerprint density at radius 2 is 2.15 bits per heavy atom. The van der Waals surface area contributed by atoms with E-state index in [0.717, 1.165) is 16.9 Å². The molecule has 1 atom stereocenters. The summed E-state index contributed by atoms with van der Waals surface area (Å²) in [5.74, 6) is 1.43. The number of hydrogen-bond acceptors (Lipinski definition) is 3. The number of nitrogens with zero attached hydrogens (tertiary/aromatic N) is 2. The fourth-order valence-electron chi connectivity index (χ4n) is 2.22. The van der Waals surface area contributed by atoms with Gasteiger partial charge in [0.05, 0.1) is 29.8 Å². The van der Waals surface area contributed by atoms with Gasteiger partial charge in [0.2, 0.25) is 0 Å². The third-order valence-corrected chi connectivity index (χ3v) is 3.69. The summed E-state index contributed by atoms with van der Waals surface area (Å²) < 4.78 is 12.7. The van der Waals surface area contributed by atoms with Crippen molar-refractivity contribution in [2.75, 3.05) is 26.7 Å². The maximum Gasteiger partial charge on any atom is 0.111 e. The van der Waals surface area contributed by atoms with Crippen LogP contribution in [0, 0.1) is 0 Å². The molecule has 0 N–H and O–H groups in total. The molecule has 4 nitrogen and oxygen atoms in total. The highest BCUT2D eigenvalue weighted by atomic mass is 35.5. The zero-order chi connectivity index (χ0) is 14.5. The molecule has 0 fully saturated rings. The summed E-state index contributed by atoms with van der Waals surface area (Å²) in [7, 11) is 3.34. The summed E-state index contributed by atoms with van der Waals surface area (Å²) in [6.45, 7) is 1.18. The molecule has 0 spiro atoms. The summed E-state index contributed by atoms with van der Waals surface area (Å²) >= 11 is 12.1. The van der Waals surface area contributed by atoms with Gasteiger partial charge in [0, 0.05) is 26.5 Å². The van der Waals surface area contributed by atoms with Crippen LogP contribution in [-0.2, 0) is 22.4 Å². The van der Waals surface area contributed by atoms with Gasteiger partial charge in [0.25, 0.3) is 0 Å². The van der Waals surface area contributed by atoms with E-state index in [4.69, 9.17) is 32.7 Å². The van der Waals surface area contributed by atoms with Gasteiger partial charge < -0.3 is 14.0 Å². The van der Waals surface area contributed by atoms with Crippen molar-refractivity contribution < 1.29 is 9.47 Å². The minimum Gasteiger partial charge on any atom is -0.382 e. The van der Waals surface area contributed by atoms with Gasteiger partial charge in [-0.3, -0.25) is 0 Å². The molecule has 2 aromatic rings. The SMILES string of the molecule is COCC(Cn1c(CCCl)nc2c(Cl)cccc21)OC. The monoisotopic (exact) mass is 316 g/mol. The predicted octanol–water partition coefficient (Wildman–Crippen LogP) is 3.13. The second-order valence-corrected chi connectivity index (χ2v) is 5.28. The third kappa shape index (κ3) is 3.26. The second kappa shape index (κ2) is 7.27. The summed E-state index contributed by atoms with van der Waals surface area (Å²) in [5.41, 5.74) is 1.80. The number of halogens is 2. The Balaban J connectivity index is 2.42. The second-order valence-electron chi connectivity index (χ2n) is 4.50. The van der Waals surface area contributed by atoms with Crippen LogP contribution >= 0.6 is 23.2 Å². The fourth-order valence-corrected chi connectivity index (χ4v) is 2.61. The third-order valence-electron chi connectivity index (χ3n) is 3.20. The molecule has 0 saturated carbocycles. The lowest BCUT2D eigenvalue weighted by molar-refractivity contribution is 0.0186. The van der Waals surface area contributed by atoms with E-state index in [9.17, 15) is 0 Å². The molecule has 20 heavy (non-hydrogen) atoms. The Bertz CT molecular complexity index is 572. The van der Waals surface area contributed by atoms with Crippen LogP contribution < -0.4 is 0 Å². The lowest BCUT2D eigenvalue weighted by Gasteiger charge is -2.17. The number of aryl methyl sites for hydroxylation is 1. The molecule has 0 aliphatic heterocycles. The van der Waals surface area contributed by atoms with E-state index in [1.54, 1.807) is 14.2 Å². The van der Waals surface area contributed by atoms with Crippen molar-refractivity contribution in [1.82, 2.24) is 9.55 Å². The molecule has 0 radical (unpaired) electrons. The molecule has 0 bridgehead atoms. The molecule has 2 rings (SSSR count). The largest absolute Gasteiger partial charge is 0.382 e. The first-order chi connectivity index (χ1) is 9.71. The molecule has 0 aliphatic carbocycles. The highest BCUT2D eigenvalue weighted by Crippen LogP contribution is 2.24. The molecule has 1 heterocycles. The van der Waals surface area contributed by atoms with E-state index in [-0.39, 0.29) is 6.10 Å². The number of aromatic nitrogens is 2. The molecule has 1 aromatic carbocycles. The zero-order valence-electron chi connectivity index (χ0n) is 11.6. The first-order valence-corrected chi connectivity index (χ1v) is 7.33. The van der Waals surface area contributed by atoms with Crippen molar-refractivity contribution in [3.05, 3.63) is 29.0 Å². The van der Waals surface area contributed by atoms with Crippen molar-refractivity contribution in [3.63, 3.8) is 0 Å². The summed E-state index contributed by atoms with van der Waals surface area (Å²) in [4.78, 5) is 4.60. The van der Waals surface area contributed by atoms with Crippen LogP contribution in [0.25, 0.3) is 11.0 Å². The Hall–Kier alpha value is -0.810. The van der Waals surface area contributed by atoms with E-state index in [2.05, 4.69) is 9.55 Å². The predicted molar refractivity (Wildman–Crippen MR) is 81.8 cm³/mol. The number of methoxy groups -OCH3 is 2. The summed E-state index contributed by atoms with van der Waals surface area (Å²) in [5, 5.41) is 0.651. The van der Waals surface area contributed by atoms with Crippen LogP contribution in [0.2, 0.25) is 5.02 Å². The topological polar surface area (TPSA) is 36.3 Å². The van der Waals surface area contributed by atoms with E-state index in [1.807, 2.05) is 18.2 Å². The number of fused-ring (bicyclic) bond motifs is 1. The number of ether oxygens (including phenoxy) is 2. The highest BCUT2D eigenvalue weighted by Gasteiger charge is 2.16. The van der Waals surface area contributed by atoms with E-state index in [1.165, 1.54) is 0 Å². The minimum atomic E-state index is -0.0366. The van der Waals surface area contributed by atoms with Crippen molar-refractivity contribution in [2.45, 2.75) is 19.1 Å².